The largest absolute Gasteiger partial charge is 0.374 e. The SMILES string of the molecule is C#C[C@@H](O)c1nc(Br)sc1Br. The van der Waals surface area contributed by atoms with Gasteiger partial charge in [0.05, 0.1) is 3.79 Å². The number of hydrogen-bond donors (Lipinski definition) is 1. The minimum atomic E-state index is -0.924. The van der Waals surface area contributed by atoms with Crippen molar-refractivity contribution in [3.05, 3.63) is 13.4 Å². The van der Waals surface area contributed by atoms with E-state index in [1.54, 1.807) is 0 Å². The van der Waals surface area contributed by atoms with Gasteiger partial charge in [-0.1, -0.05) is 17.3 Å². The van der Waals surface area contributed by atoms with E-state index in [1.165, 1.54) is 11.3 Å². The van der Waals surface area contributed by atoms with Crippen molar-refractivity contribution in [1.29, 1.82) is 0 Å². The van der Waals surface area contributed by atoms with Crippen molar-refractivity contribution in [1.82, 2.24) is 4.98 Å². The zero-order valence-corrected chi connectivity index (χ0v) is 9.20. The number of halogens is 2. The fraction of sp³-hybridized carbons (Fsp3) is 0.167. The van der Waals surface area contributed by atoms with Crippen molar-refractivity contribution in [3.63, 3.8) is 0 Å². The molecule has 1 atom stereocenters. The number of hydrogen-bond acceptors (Lipinski definition) is 3. The van der Waals surface area contributed by atoms with Crippen LogP contribution < -0.4 is 0 Å². The van der Waals surface area contributed by atoms with Gasteiger partial charge in [-0.25, -0.2) is 4.98 Å². The molecule has 5 heteroatoms. The van der Waals surface area contributed by atoms with Crippen LogP contribution in [-0.4, -0.2) is 10.1 Å². The molecule has 58 valence electrons. The third-order valence-corrected chi connectivity index (χ3v) is 3.20. The quantitative estimate of drug-likeness (QED) is 0.807. The van der Waals surface area contributed by atoms with Gasteiger partial charge in [-0.2, -0.15) is 0 Å². The molecule has 1 N–H and O–H groups in total. The van der Waals surface area contributed by atoms with Crippen LogP contribution in [-0.2, 0) is 0 Å². The van der Waals surface area contributed by atoms with Crippen molar-refractivity contribution < 1.29 is 5.11 Å². The predicted octanol–water partition coefficient (Wildman–Crippen LogP) is 2.33. The summed E-state index contributed by atoms with van der Waals surface area (Å²) >= 11 is 7.79. The summed E-state index contributed by atoms with van der Waals surface area (Å²) in [5.41, 5.74) is 0.490. The molecule has 0 bridgehead atoms. The van der Waals surface area contributed by atoms with Gasteiger partial charge in [0.2, 0.25) is 0 Å². The average molecular weight is 297 g/mol. The lowest BCUT2D eigenvalue weighted by atomic mass is 10.3. The molecule has 1 heterocycles. The van der Waals surface area contributed by atoms with Crippen LogP contribution in [0.25, 0.3) is 0 Å². The summed E-state index contributed by atoms with van der Waals surface area (Å²) in [7, 11) is 0. The molecule has 0 aromatic carbocycles. The van der Waals surface area contributed by atoms with E-state index in [0.29, 0.717) is 9.61 Å². The van der Waals surface area contributed by atoms with Crippen LogP contribution in [0.5, 0.6) is 0 Å². The van der Waals surface area contributed by atoms with Crippen molar-refractivity contribution >= 4 is 43.2 Å². The van der Waals surface area contributed by atoms with Gasteiger partial charge in [-0.05, 0) is 31.9 Å². The lowest BCUT2D eigenvalue weighted by Crippen LogP contribution is -1.93. The Hall–Kier alpha value is 0.110. The Morgan fingerprint density at radius 3 is 2.64 bits per heavy atom. The molecule has 2 nitrogen and oxygen atoms in total. The summed E-state index contributed by atoms with van der Waals surface area (Å²) in [6.45, 7) is 0. The van der Waals surface area contributed by atoms with Crippen molar-refractivity contribution in [2.24, 2.45) is 0 Å². The molecule has 0 unspecified atom stereocenters. The zero-order valence-electron chi connectivity index (χ0n) is 5.21. The van der Waals surface area contributed by atoms with Crippen LogP contribution in [0.1, 0.15) is 11.8 Å². The summed E-state index contributed by atoms with van der Waals surface area (Å²) in [5.74, 6) is 2.18. The van der Waals surface area contributed by atoms with Crippen LogP contribution in [0, 0.1) is 12.3 Å². The topological polar surface area (TPSA) is 33.1 Å². The van der Waals surface area contributed by atoms with E-state index < -0.39 is 6.10 Å². The number of terminal acetylenes is 1. The van der Waals surface area contributed by atoms with E-state index in [0.717, 1.165) is 3.79 Å². The Balaban J connectivity index is 3.05. The highest BCUT2D eigenvalue weighted by molar-refractivity contribution is 9.12. The van der Waals surface area contributed by atoms with Crippen LogP contribution in [0.4, 0.5) is 0 Å². The summed E-state index contributed by atoms with van der Waals surface area (Å²) in [5, 5.41) is 9.18. The average Bonchev–Trinajstić information content (AvgIpc) is 2.28. The molecule has 0 fully saturated rings. The lowest BCUT2D eigenvalue weighted by Gasteiger charge is -1.96. The Morgan fingerprint density at radius 2 is 2.27 bits per heavy atom. The highest BCUT2D eigenvalue weighted by Crippen LogP contribution is 2.31. The van der Waals surface area contributed by atoms with Crippen LogP contribution >= 0.6 is 43.2 Å². The van der Waals surface area contributed by atoms with E-state index in [4.69, 9.17) is 6.42 Å². The Kier molecular flexibility index (Phi) is 3.07. The molecule has 1 aromatic rings. The highest BCUT2D eigenvalue weighted by Gasteiger charge is 2.13. The first kappa shape index (κ1) is 9.20. The maximum atomic E-state index is 9.18. The Morgan fingerprint density at radius 1 is 1.64 bits per heavy atom. The van der Waals surface area contributed by atoms with Gasteiger partial charge in [-0.15, -0.1) is 6.42 Å². The maximum absolute atomic E-state index is 9.18. The number of aliphatic hydroxyl groups is 1. The van der Waals surface area contributed by atoms with E-state index >= 15 is 0 Å². The monoisotopic (exact) mass is 295 g/mol. The number of aromatic nitrogens is 1. The molecule has 0 saturated carbocycles. The molecule has 0 aliphatic rings. The van der Waals surface area contributed by atoms with E-state index in [-0.39, 0.29) is 0 Å². The third kappa shape index (κ3) is 2.03. The zero-order chi connectivity index (χ0) is 8.43. The van der Waals surface area contributed by atoms with Crippen LogP contribution in [0.2, 0.25) is 0 Å². The van der Waals surface area contributed by atoms with Crippen molar-refractivity contribution in [2.45, 2.75) is 6.10 Å². The summed E-state index contributed by atoms with van der Waals surface area (Å²) < 4.78 is 1.46. The maximum Gasteiger partial charge on any atom is 0.160 e. The van der Waals surface area contributed by atoms with Crippen LogP contribution in [0.3, 0.4) is 0 Å². The normalized spacial score (nSPS) is 12.5. The molecule has 0 amide bonds. The van der Waals surface area contributed by atoms with Crippen LogP contribution in [0.15, 0.2) is 7.70 Å². The van der Waals surface area contributed by atoms with Gasteiger partial charge in [0.1, 0.15) is 5.69 Å². The Bertz CT molecular complexity index is 304. The van der Waals surface area contributed by atoms with Crippen molar-refractivity contribution in [2.75, 3.05) is 0 Å². The van der Waals surface area contributed by atoms with Gasteiger partial charge in [0.25, 0.3) is 0 Å². The first-order valence-corrected chi connectivity index (χ1v) is 5.01. The molecular weight excluding hydrogens is 294 g/mol. The second kappa shape index (κ2) is 3.68. The van der Waals surface area contributed by atoms with Crippen molar-refractivity contribution in [3.8, 4) is 12.3 Å². The van der Waals surface area contributed by atoms with Gasteiger partial charge in [0.15, 0.2) is 10.0 Å². The second-order valence-corrected chi connectivity index (χ2v) is 5.29. The molecule has 1 rings (SSSR count). The molecule has 0 aliphatic heterocycles. The molecule has 1 aromatic heterocycles. The summed E-state index contributed by atoms with van der Waals surface area (Å²) in [6.07, 6.45) is 4.09. The first-order valence-electron chi connectivity index (χ1n) is 2.61. The van der Waals surface area contributed by atoms with Gasteiger partial charge in [0, 0.05) is 0 Å². The van der Waals surface area contributed by atoms with E-state index in [2.05, 4.69) is 42.8 Å². The minimum absolute atomic E-state index is 0.490. The molecule has 0 saturated heterocycles. The third-order valence-electron chi connectivity index (χ3n) is 1.00. The smallest absolute Gasteiger partial charge is 0.160 e. The first-order chi connectivity index (χ1) is 5.15. The molecule has 0 radical (unpaired) electrons. The molecule has 11 heavy (non-hydrogen) atoms. The Labute approximate surface area is 84.9 Å². The fourth-order valence-corrected chi connectivity index (χ4v) is 3.18. The van der Waals surface area contributed by atoms with Gasteiger partial charge in [-0.3, -0.25) is 0 Å². The van der Waals surface area contributed by atoms with E-state index in [1.807, 2.05) is 0 Å². The highest BCUT2D eigenvalue weighted by atomic mass is 79.9. The number of nitrogens with zero attached hydrogens (tertiary/aromatic N) is 1. The minimum Gasteiger partial charge on any atom is -0.374 e. The number of aliphatic hydroxyl groups excluding tert-OH is 1. The summed E-state index contributed by atoms with van der Waals surface area (Å²) in [4.78, 5) is 3.98. The lowest BCUT2D eigenvalue weighted by molar-refractivity contribution is 0.233. The molecule has 0 aliphatic carbocycles. The molecule has 0 spiro atoms. The second-order valence-electron chi connectivity index (χ2n) is 1.69. The van der Waals surface area contributed by atoms with E-state index in [9.17, 15) is 5.11 Å². The summed E-state index contributed by atoms with van der Waals surface area (Å²) in [6, 6.07) is 0. The molecular formula is C6H3Br2NOS. The van der Waals surface area contributed by atoms with Gasteiger partial charge < -0.3 is 5.11 Å². The van der Waals surface area contributed by atoms with Gasteiger partial charge >= 0.3 is 0 Å². The standard InChI is InChI=1S/C6H3Br2NOS/c1-2-3(10)4-5(7)11-6(8)9-4/h1,3,10H/t3-/m1/s1. The number of thiazole rings is 1. The fourth-order valence-electron chi connectivity index (χ4n) is 0.535. The number of rotatable bonds is 1. The predicted molar refractivity (Wildman–Crippen MR) is 51.3 cm³/mol.